The first-order valence-corrected chi connectivity index (χ1v) is 7.98. The van der Waals surface area contributed by atoms with Crippen LogP contribution in [0.25, 0.3) is 22.4 Å². The van der Waals surface area contributed by atoms with Gasteiger partial charge in [0.1, 0.15) is 11.6 Å². The normalized spacial score (nSPS) is 10.9. The Hall–Kier alpha value is -2.82. The van der Waals surface area contributed by atoms with Crippen molar-refractivity contribution in [2.24, 2.45) is 0 Å². The summed E-state index contributed by atoms with van der Waals surface area (Å²) in [7, 11) is 1.65. The number of benzene rings is 2. The van der Waals surface area contributed by atoms with E-state index in [2.05, 4.69) is 11.5 Å². The molecule has 0 saturated carbocycles. The highest BCUT2D eigenvalue weighted by Crippen LogP contribution is 2.32. The Morgan fingerprint density at radius 1 is 1.25 bits per heavy atom. The van der Waals surface area contributed by atoms with E-state index in [1.54, 1.807) is 7.11 Å². The van der Waals surface area contributed by atoms with E-state index < -0.39 is 5.97 Å². The number of ether oxygens (including phenoxy) is 1. The number of fused-ring (bicyclic) bond motifs is 1. The van der Waals surface area contributed by atoms with Crippen molar-refractivity contribution in [3.63, 3.8) is 0 Å². The molecule has 0 aliphatic rings. The Morgan fingerprint density at radius 2 is 2.04 bits per heavy atom. The topological polar surface area (TPSA) is 64.4 Å². The van der Waals surface area contributed by atoms with Crippen LogP contribution in [-0.2, 0) is 17.8 Å². The lowest BCUT2D eigenvalue weighted by molar-refractivity contribution is -0.136. The van der Waals surface area contributed by atoms with E-state index in [1.165, 1.54) is 0 Å². The zero-order valence-corrected chi connectivity index (χ0v) is 13.8. The zero-order chi connectivity index (χ0) is 17.1. The minimum Gasteiger partial charge on any atom is -0.496 e. The Morgan fingerprint density at radius 3 is 2.75 bits per heavy atom. The van der Waals surface area contributed by atoms with Crippen LogP contribution in [0.2, 0.25) is 0 Å². The summed E-state index contributed by atoms with van der Waals surface area (Å²) in [4.78, 5) is 15.7. The number of rotatable bonds is 6. The molecule has 0 amide bonds. The second kappa shape index (κ2) is 6.74. The fraction of sp³-hybridized carbons (Fsp3) is 0.263. The molecule has 5 nitrogen and oxygen atoms in total. The van der Waals surface area contributed by atoms with Crippen LogP contribution in [0.1, 0.15) is 18.9 Å². The van der Waals surface area contributed by atoms with Gasteiger partial charge in [-0.3, -0.25) is 4.79 Å². The molecular weight excluding hydrogens is 304 g/mol. The first kappa shape index (κ1) is 16.1. The quantitative estimate of drug-likeness (QED) is 0.750. The summed E-state index contributed by atoms with van der Waals surface area (Å²) in [6.07, 6.45) is 0.977. The summed E-state index contributed by atoms with van der Waals surface area (Å²) in [5, 5.41) is 8.99. The third-order valence-corrected chi connectivity index (χ3v) is 3.96. The maximum atomic E-state index is 10.9. The largest absolute Gasteiger partial charge is 0.496 e. The van der Waals surface area contributed by atoms with Gasteiger partial charge in [-0.1, -0.05) is 25.1 Å². The van der Waals surface area contributed by atoms with Crippen molar-refractivity contribution in [1.29, 1.82) is 0 Å². The Labute approximate surface area is 140 Å². The molecule has 1 heterocycles. The zero-order valence-electron chi connectivity index (χ0n) is 13.8. The smallest absolute Gasteiger partial charge is 0.307 e. The molecule has 124 valence electrons. The van der Waals surface area contributed by atoms with Crippen molar-refractivity contribution in [2.45, 2.75) is 26.3 Å². The number of imidazole rings is 1. The van der Waals surface area contributed by atoms with Gasteiger partial charge in [0.2, 0.25) is 0 Å². The van der Waals surface area contributed by atoms with Crippen molar-refractivity contribution in [1.82, 2.24) is 9.55 Å². The summed E-state index contributed by atoms with van der Waals surface area (Å²) in [5.41, 5.74) is 3.50. The van der Waals surface area contributed by atoms with E-state index in [0.29, 0.717) is 0 Å². The van der Waals surface area contributed by atoms with E-state index in [-0.39, 0.29) is 6.42 Å². The number of methoxy groups -OCH3 is 1. The van der Waals surface area contributed by atoms with Crippen LogP contribution in [0.5, 0.6) is 5.75 Å². The minimum atomic E-state index is -0.840. The number of nitrogens with zero attached hydrogens (tertiary/aromatic N) is 2. The number of carboxylic acid groups (broad SMARTS) is 1. The average molecular weight is 324 g/mol. The van der Waals surface area contributed by atoms with Gasteiger partial charge in [0.15, 0.2) is 0 Å². The highest BCUT2D eigenvalue weighted by atomic mass is 16.5. The summed E-state index contributed by atoms with van der Waals surface area (Å²) in [6.45, 7) is 2.96. The molecule has 3 aromatic rings. The van der Waals surface area contributed by atoms with Crippen LogP contribution in [0, 0.1) is 0 Å². The van der Waals surface area contributed by atoms with Gasteiger partial charge < -0.3 is 14.4 Å². The van der Waals surface area contributed by atoms with Gasteiger partial charge in [-0.2, -0.15) is 0 Å². The van der Waals surface area contributed by atoms with Crippen molar-refractivity contribution in [2.75, 3.05) is 7.11 Å². The van der Waals surface area contributed by atoms with Crippen molar-refractivity contribution in [3.8, 4) is 17.1 Å². The van der Waals surface area contributed by atoms with E-state index in [4.69, 9.17) is 14.8 Å². The van der Waals surface area contributed by atoms with Gasteiger partial charge in [-0.25, -0.2) is 4.98 Å². The molecule has 0 spiro atoms. The molecule has 0 aliphatic heterocycles. The van der Waals surface area contributed by atoms with Gasteiger partial charge in [0, 0.05) is 6.54 Å². The highest BCUT2D eigenvalue weighted by Gasteiger charge is 2.16. The van der Waals surface area contributed by atoms with Crippen molar-refractivity contribution in [3.05, 3.63) is 48.0 Å². The van der Waals surface area contributed by atoms with E-state index in [1.807, 2.05) is 42.5 Å². The second-order valence-electron chi connectivity index (χ2n) is 5.68. The summed E-state index contributed by atoms with van der Waals surface area (Å²) in [5.74, 6) is 0.778. The third kappa shape index (κ3) is 2.97. The molecule has 0 aliphatic carbocycles. The number of hydrogen-bond acceptors (Lipinski definition) is 3. The average Bonchev–Trinajstić information content (AvgIpc) is 2.92. The van der Waals surface area contributed by atoms with Crippen LogP contribution in [0.3, 0.4) is 0 Å². The molecule has 2 aromatic carbocycles. The Balaban J connectivity index is 2.19. The maximum Gasteiger partial charge on any atom is 0.307 e. The lowest BCUT2D eigenvalue weighted by Crippen LogP contribution is -2.01. The van der Waals surface area contributed by atoms with Crippen LogP contribution in [-0.4, -0.2) is 27.7 Å². The molecule has 1 N–H and O–H groups in total. The van der Waals surface area contributed by atoms with Crippen LogP contribution in [0.15, 0.2) is 42.5 Å². The molecule has 0 bridgehead atoms. The van der Waals surface area contributed by atoms with Crippen LogP contribution >= 0.6 is 0 Å². The first-order chi connectivity index (χ1) is 11.6. The lowest BCUT2D eigenvalue weighted by atomic mass is 10.1. The molecule has 0 atom stereocenters. The standard InChI is InChI=1S/C19H20N2O3/c1-3-10-21-16-9-8-13(12-18(22)23)11-15(16)20-19(21)14-6-4-5-7-17(14)24-2/h4-9,11H,3,10,12H2,1-2H3,(H,22,23). The fourth-order valence-corrected chi connectivity index (χ4v) is 2.94. The molecule has 0 saturated heterocycles. The SMILES string of the molecule is CCCn1c(-c2ccccc2OC)nc2cc(CC(=O)O)ccc21. The molecule has 0 radical (unpaired) electrons. The lowest BCUT2D eigenvalue weighted by Gasteiger charge is -2.11. The van der Waals surface area contributed by atoms with E-state index in [9.17, 15) is 4.79 Å². The monoisotopic (exact) mass is 324 g/mol. The maximum absolute atomic E-state index is 10.9. The number of hydrogen-bond donors (Lipinski definition) is 1. The Bertz CT molecular complexity index is 883. The highest BCUT2D eigenvalue weighted by molar-refractivity contribution is 5.83. The van der Waals surface area contributed by atoms with Gasteiger partial charge in [0.05, 0.1) is 30.1 Å². The van der Waals surface area contributed by atoms with Crippen LogP contribution < -0.4 is 4.74 Å². The number of para-hydroxylation sites is 1. The van der Waals surface area contributed by atoms with Crippen molar-refractivity contribution >= 4 is 17.0 Å². The molecular formula is C19H20N2O3. The Kier molecular flexibility index (Phi) is 4.51. The minimum absolute atomic E-state index is 0.000565. The van der Waals surface area contributed by atoms with Crippen LogP contribution in [0.4, 0.5) is 0 Å². The molecule has 24 heavy (non-hydrogen) atoms. The van der Waals surface area contributed by atoms with Crippen molar-refractivity contribution < 1.29 is 14.6 Å². The molecule has 1 aromatic heterocycles. The van der Waals surface area contributed by atoms with Gasteiger partial charge in [-0.05, 0) is 36.2 Å². The molecule has 0 unspecified atom stereocenters. The number of aromatic nitrogens is 2. The first-order valence-electron chi connectivity index (χ1n) is 7.98. The third-order valence-electron chi connectivity index (χ3n) is 3.96. The molecule has 0 fully saturated rings. The van der Waals surface area contributed by atoms with Gasteiger partial charge >= 0.3 is 5.97 Å². The number of aryl methyl sites for hydroxylation is 1. The summed E-state index contributed by atoms with van der Waals surface area (Å²) in [6, 6.07) is 13.5. The molecule has 5 heteroatoms. The van der Waals surface area contributed by atoms with Gasteiger partial charge in [-0.15, -0.1) is 0 Å². The van der Waals surface area contributed by atoms with E-state index >= 15 is 0 Å². The second-order valence-corrected chi connectivity index (χ2v) is 5.68. The van der Waals surface area contributed by atoms with E-state index in [0.717, 1.165) is 46.7 Å². The fourth-order valence-electron chi connectivity index (χ4n) is 2.94. The number of carbonyl (C=O) groups is 1. The number of aliphatic carboxylic acids is 1. The summed E-state index contributed by atoms with van der Waals surface area (Å²) >= 11 is 0. The molecule has 3 rings (SSSR count). The van der Waals surface area contributed by atoms with Gasteiger partial charge in [0.25, 0.3) is 0 Å². The predicted molar refractivity (Wildman–Crippen MR) is 93.4 cm³/mol. The predicted octanol–water partition coefficient (Wildman–Crippen LogP) is 3.75. The summed E-state index contributed by atoms with van der Waals surface area (Å²) < 4.78 is 7.64. The number of carboxylic acids is 1.